The predicted octanol–water partition coefficient (Wildman–Crippen LogP) is 0.399. The van der Waals surface area contributed by atoms with Crippen molar-refractivity contribution in [3.05, 3.63) is 18.5 Å². The summed E-state index contributed by atoms with van der Waals surface area (Å²) in [5.74, 6) is -0.120. The van der Waals surface area contributed by atoms with Gasteiger partial charge in [0.15, 0.2) is 0 Å². The molecule has 2 heterocycles. The summed E-state index contributed by atoms with van der Waals surface area (Å²) in [6, 6.07) is 1.76. The van der Waals surface area contributed by atoms with E-state index in [1.807, 2.05) is 19.2 Å². The van der Waals surface area contributed by atoms with Gasteiger partial charge in [0, 0.05) is 31.4 Å². The highest BCUT2D eigenvalue weighted by atomic mass is 16.2. The molecule has 0 aliphatic carbocycles. The van der Waals surface area contributed by atoms with Gasteiger partial charge in [0.2, 0.25) is 11.8 Å². The Labute approximate surface area is 112 Å². The van der Waals surface area contributed by atoms with E-state index in [4.69, 9.17) is 0 Å². The van der Waals surface area contributed by atoms with Gasteiger partial charge >= 0.3 is 0 Å². The summed E-state index contributed by atoms with van der Waals surface area (Å²) in [4.78, 5) is 26.0. The topological polar surface area (TPSA) is 67.2 Å². The van der Waals surface area contributed by atoms with Crippen LogP contribution < -0.4 is 5.32 Å². The second kappa shape index (κ2) is 5.03. The molecule has 0 spiro atoms. The van der Waals surface area contributed by atoms with Gasteiger partial charge in [0.1, 0.15) is 5.54 Å². The Morgan fingerprint density at radius 2 is 2.16 bits per heavy atom. The third-order valence-corrected chi connectivity index (χ3v) is 3.39. The minimum atomic E-state index is -0.841. The van der Waals surface area contributed by atoms with E-state index >= 15 is 0 Å². The van der Waals surface area contributed by atoms with Crippen LogP contribution in [0.2, 0.25) is 0 Å². The molecule has 104 valence electrons. The molecular weight excluding hydrogens is 244 g/mol. The van der Waals surface area contributed by atoms with Crippen LogP contribution in [0.5, 0.6) is 0 Å². The van der Waals surface area contributed by atoms with E-state index in [1.54, 1.807) is 29.6 Å². The monoisotopic (exact) mass is 264 g/mol. The fourth-order valence-electron chi connectivity index (χ4n) is 2.36. The number of carbonyl (C=O) groups excluding carboxylic acids is 2. The maximum absolute atomic E-state index is 12.5. The highest BCUT2D eigenvalue weighted by molar-refractivity contribution is 5.93. The number of rotatable bonds is 3. The molecule has 2 amide bonds. The van der Waals surface area contributed by atoms with Gasteiger partial charge in [0.25, 0.3) is 0 Å². The van der Waals surface area contributed by atoms with E-state index in [9.17, 15) is 9.59 Å². The molecule has 1 unspecified atom stereocenters. The van der Waals surface area contributed by atoms with Gasteiger partial charge < -0.3 is 10.2 Å². The van der Waals surface area contributed by atoms with Gasteiger partial charge in [-0.25, -0.2) is 0 Å². The zero-order valence-corrected chi connectivity index (χ0v) is 11.6. The van der Waals surface area contributed by atoms with Crippen LogP contribution in [0.3, 0.4) is 0 Å². The quantitative estimate of drug-likeness (QED) is 0.859. The van der Waals surface area contributed by atoms with Crippen molar-refractivity contribution in [2.75, 3.05) is 6.54 Å². The first-order chi connectivity index (χ1) is 8.90. The second-order valence-electron chi connectivity index (χ2n) is 5.49. The molecule has 2 rings (SSSR count). The number of hydrogen-bond donors (Lipinski definition) is 1. The predicted molar refractivity (Wildman–Crippen MR) is 70.2 cm³/mol. The van der Waals surface area contributed by atoms with Gasteiger partial charge in [-0.1, -0.05) is 0 Å². The number of hydrogen-bond acceptors (Lipinski definition) is 3. The van der Waals surface area contributed by atoms with Crippen LogP contribution in [-0.4, -0.2) is 44.6 Å². The zero-order chi connectivity index (χ0) is 14.0. The van der Waals surface area contributed by atoms with Crippen molar-refractivity contribution in [1.82, 2.24) is 20.0 Å². The Morgan fingerprint density at radius 3 is 2.79 bits per heavy atom. The SMILES string of the molecule is CC1CC(=O)NC(C)(C)C(=O)N1CCn1cccn1. The standard InChI is InChI=1S/C13H20N4O2/c1-10-9-11(18)15-13(2,3)12(19)17(10)8-7-16-6-4-5-14-16/h4-6,10H,7-9H2,1-3H3,(H,15,18). The van der Waals surface area contributed by atoms with E-state index in [-0.39, 0.29) is 17.9 Å². The molecular formula is C13H20N4O2. The van der Waals surface area contributed by atoms with Crippen molar-refractivity contribution in [2.45, 2.75) is 45.3 Å². The molecule has 1 aliphatic heterocycles. The number of aromatic nitrogens is 2. The summed E-state index contributed by atoms with van der Waals surface area (Å²) >= 11 is 0. The van der Waals surface area contributed by atoms with Crippen molar-refractivity contribution >= 4 is 11.8 Å². The fourth-order valence-corrected chi connectivity index (χ4v) is 2.36. The molecule has 0 bridgehead atoms. The van der Waals surface area contributed by atoms with Crippen molar-refractivity contribution in [3.8, 4) is 0 Å². The molecule has 1 atom stereocenters. The summed E-state index contributed by atoms with van der Waals surface area (Å²) in [5.41, 5.74) is -0.841. The highest BCUT2D eigenvalue weighted by Crippen LogP contribution is 2.17. The summed E-state index contributed by atoms with van der Waals surface area (Å²) in [5, 5.41) is 6.89. The Kier molecular flexibility index (Phi) is 3.59. The van der Waals surface area contributed by atoms with Gasteiger partial charge in [0.05, 0.1) is 6.54 Å². The minimum absolute atomic E-state index is 0.0435. The van der Waals surface area contributed by atoms with E-state index < -0.39 is 5.54 Å². The lowest BCUT2D eigenvalue weighted by molar-refractivity contribution is -0.138. The van der Waals surface area contributed by atoms with Crippen LogP contribution in [-0.2, 0) is 16.1 Å². The third kappa shape index (κ3) is 2.94. The highest BCUT2D eigenvalue weighted by Gasteiger charge is 2.39. The summed E-state index contributed by atoms with van der Waals surface area (Å²) in [6.07, 6.45) is 3.92. The second-order valence-corrected chi connectivity index (χ2v) is 5.49. The molecule has 0 radical (unpaired) electrons. The first-order valence-electron chi connectivity index (χ1n) is 6.49. The summed E-state index contributed by atoms with van der Waals surface area (Å²) in [6.45, 7) is 6.58. The van der Waals surface area contributed by atoms with Crippen molar-refractivity contribution in [3.63, 3.8) is 0 Å². The van der Waals surface area contributed by atoms with Crippen LogP contribution in [0.4, 0.5) is 0 Å². The summed E-state index contributed by atoms with van der Waals surface area (Å²) in [7, 11) is 0. The molecule has 1 aromatic heterocycles. The minimum Gasteiger partial charge on any atom is -0.342 e. The Morgan fingerprint density at radius 1 is 1.42 bits per heavy atom. The first kappa shape index (κ1) is 13.6. The van der Waals surface area contributed by atoms with Gasteiger partial charge in [-0.15, -0.1) is 0 Å². The van der Waals surface area contributed by atoms with Crippen LogP contribution >= 0.6 is 0 Å². The average molecular weight is 264 g/mol. The molecule has 1 fully saturated rings. The molecule has 0 saturated carbocycles. The van der Waals surface area contributed by atoms with Gasteiger partial charge in [-0.3, -0.25) is 14.3 Å². The van der Waals surface area contributed by atoms with Crippen LogP contribution in [0.15, 0.2) is 18.5 Å². The maximum Gasteiger partial charge on any atom is 0.248 e. The van der Waals surface area contributed by atoms with Gasteiger partial charge in [-0.2, -0.15) is 5.10 Å². The molecule has 1 aliphatic rings. The lowest BCUT2D eigenvalue weighted by atomic mass is 10.0. The molecule has 1 saturated heterocycles. The molecule has 19 heavy (non-hydrogen) atoms. The average Bonchev–Trinajstić information content (AvgIpc) is 2.78. The van der Waals surface area contributed by atoms with Crippen LogP contribution in [0.25, 0.3) is 0 Å². The zero-order valence-electron chi connectivity index (χ0n) is 11.6. The lowest BCUT2D eigenvalue weighted by Gasteiger charge is -2.31. The Bertz CT molecular complexity index is 467. The Balaban J connectivity index is 2.11. The number of amides is 2. The molecule has 0 aromatic carbocycles. The Hall–Kier alpha value is -1.85. The third-order valence-electron chi connectivity index (χ3n) is 3.39. The molecule has 1 N–H and O–H groups in total. The molecule has 6 nitrogen and oxygen atoms in total. The molecule has 1 aromatic rings. The summed E-state index contributed by atoms with van der Waals surface area (Å²) < 4.78 is 1.78. The lowest BCUT2D eigenvalue weighted by Crippen LogP contribution is -2.54. The normalized spacial score (nSPS) is 23.1. The van der Waals surface area contributed by atoms with Gasteiger partial charge in [-0.05, 0) is 26.8 Å². The number of carbonyl (C=O) groups is 2. The fraction of sp³-hybridized carbons (Fsp3) is 0.615. The van der Waals surface area contributed by atoms with Crippen molar-refractivity contribution < 1.29 is 9.59 Å². The van der Waals surface area contributed by atoms with Crippen LogP contribution in [0, 0.1) is 0 Å². The number of nitrogens with one attached hydrogen (secondary N) is 1. The number of nitrogens with zero attached hydrogens (tertiary/aromatic N) is 3. The molecule has 6 heteroatoms. The van der Waals surface area contributed by atoms with Crippen LogP contribution in [0.1, 0.15) is 27.2 Å². The van der Waals surface area contributed by atoms with E-state index in [0.29, 0.717) is 19.5 Å². The smallest absolute Gasteiger partial charge is 0.248 e. The van der Waals surface area contributed by atoms with Crippen molar-refractivity contribution in [1.29, 1.82) is 0 Å². The maximum atomic E-state index is 12.5. The van der Waals surface area contributed by atoms with E-state index in [0.717, 1.165) is 0 Å². The van der Waals surface area contributed by atoms with E-state index in [1.165, 1.54) is 0 Å². The largest absolute Gasteiger partial charge is 0.342 e. The van der Waals surface area contributed by atoms with Crippen molar-refractivity contribution in [2.24, 2.45) is 0 Å². The van der Waals surface area contributed by atoms with E-state index in [2.05, 4.69) is 10.4 Å². The first-order valence-corrected chi connectivity index (χ1v) is 6.49.